The number of nitrogens with zero attached hydrogens (tertiary/aromatic N) is 3. The third kappa shape index (κ3) is 4.55. The Bertz CT molecular complexity index is 1080. The van der Waals surface area contributed by atoms with Crippen molar-refractivity contribution in [2.75, 3.05) is 35.2 Å². The van der Waals surface area contributed by atoms with Gasteiger partial charge in [-0.2, -0.15) is 5.26 Å². The quantitative estimate of drug-likeness (QED) is 0.527. The van der Waals surface area contributed by atoms with Gasteiger partial charge in [-0.15, -0.1) is 0 Å². The van der Waals surface area contributed by atoms with Crippen LogP contribution < -0.4 is 9.21 Å². The molecule has 0 unspecified atom stereocenters. The molecule has 0 atom stereocenters. The van der Waals surface area contributed by atoms with Crippen molar-refractivity contribution in [1.29, 1.82) is 5.26 Å². The van der Waals surface area contributed by atoms with E-state index in [1.54, 1.807) is 42.5 Å². The van der Waals surface area contributed by atoms with Gasteiger partial charge in [0.25, 0.3) is 5.91 Å². The minimum Gasteiger partial charge on any atom is -0.452 e. The molecule has 150 valence electrons. The van der Waals surface area contributed by atoms with Crippen LogP contribution in [0.5, 0.6) is 0 Å². The molecule has 29 heavy (non-hydrogen) atoms. The van der Waals surface area contributed by atoms with Crippen LogP contribution >= 0.6 is 0 Å². The zero-order chi connectivity index (χ0) is 21.0. The number of hydrogen-bond acceptors (Lipinski definition) is 6. The average Bonchev–Trinajstić information content (AvgIpc) is 3.14. The highest BCUT2D eigenvalue weighted by Gasteiger charge is 2.27. The second-order valence-corrected chi connectivity index (χ2v) is 8.39. The first-order valence-electron chi connectivity index (χ1n) is 8.81. The van der Waals surface area contributed by atoms with Crippen LogP contribution in [0.2, 0.25) is 0 Å². The SMILES string of the molecule is CS(=O)(=O)N1CCc2cc(C(=O)OCC(=O)N(CC#N)c3ccccc3)ccc21. The maximum Gasteiger partial charge on any atom is 0.338 e. The fourth-order valence-electron chi connectivity index (χ4n) is 3.13. The van der Waals surface area contributed by atoms with Crippen LogP contribution in [0.4, 0.5) is 11.4 Å². The van der Waals surface area contributed by atoms with Gasteiger partial charge < -0.3 is 4.74 Å². The van der Waals surface area contributed by atoms with E-state index in [9.17, 15) is 18.0 Å². The van der Waals surface area contributed by atoms with E-state index in [-0.39, 0.29) is 12.1 Å². The normalized spacial score (nSPS) is 12.8. The van der Waals surface area contributed by atoms with E-state index in [0.29, 0.717) is 24.3 Å². The minimum absolute atomic E-state index is 0.166. The maximum absolute atomic E-state index is 12.4. The van der Waals surface area contributed by atoms with E-state index in [4.69, 9.17) is 10.00 Å². The van der Waals surface area contributed by atoms with Crippen molar-refractivity contribution < 1.29 is 22.7 Å². The van der Waals surface area contributed by atoms with E-state index >= 15 is 0 Å². The molecule has 0 bridgehead atoms. The molecule has 1 amide bonds. The van der Waals surface area contributed by atoms with Gasteiger partial charge in [0.1, 0.15) is 6.54 Å². The molecule has 0 N–H and O–H groups in total. The van der Waals surface area contributed by atoms with Crippen LogP contribution in [0.25, 0.3) is 0 Å². The molecule has 0 spiro atoms. The second-order valence-electron chi connectivity index (χ2n) is 6.48. The fourth-order valence-corrected chi connectivity index (χ4v) is 4.09. The monoisotopic (exact) mass is 413 g/mol. The van der Waals surface area contributed by atoms with Gasteiger partial charge >= 0.3 is 5.97 Å². The number of nitriles is 1. The molecule has 1 aliphatic heterocycles. The molecule has 0 aliphatic carbocycles. The Morgan fingerprint density at radius 1 is 1.21 bits per heavy atom. The lowest BCUT2D eigenvalue weighted by Gasteiger charge is -2.19. The smallest absolute Gasteiger partial charge is 0.338 e. The Morgan fingerprint density at radius 3 is 2.59 bits per heavy atom. The van der Waals surface area contributed by atoms with E-state index < -0.39 is 28.5 Å². The van der Waals surface area contributed by atoms with Gasteiger partial charge in [-0.05, 0) is 42.3 Å². The molecule has 0 saturated carbocycles. The van der Waals surface area contributed by atoms with Crippen molar-refractivity contribution in [2.24, 2.45) is 0 Å². The minimum atomic E-state index is -3.37. The summed E-state index contributed by atoms with van der Waals surface area (Å²) in [5.74, 6) is -1.21. The Hall–Kier alpha value is -3.38. The average molecular weight is 413 g/mol. The van der Waals surface area contributed by atoms with Gasteiger partial charge in [0.05, 0.1) is 23.6 Å². The molecule has 1 aliphatic rings. The predicted octanol–water partition coefficient (Wildman–Crippen LogP) is 1.72. The van der Waals surface area contributed by atoms with Crippen molar-refractivity contribution in [2.45, 2.75) is 6.42 Å². The summed E-state index contributed by atoms with van der Waals surface area (Å²) in [6.07, 6.45) is 1.63. The van der Waals surface area contributed by atoms with E-state index in [2.05, 4.69) is 0 Å². The van der Waals surface area contributed by atoms with E-state index in [1.807, 2.05) is 6.07 Å². The summed E-state index contributed by atoms with van der Waals surface area (Å²) in [7, 11) is -3.37. The van der Waals surface area contributed by atoms with E-state index in [0.717, 1.165) is 11.8 Å². The van der Waals surface area contributed by atoms with Crippen LogP contribution in [-0.4, -0.2) is 46.2 Å². The summed E-state index contributed by atoms with van der Waals surface area (Å²) in [6.45, 7) is -0.353. The number of fused-ring (bicyclic) bond motifs is 1. The third-order valence-corrected chi connectivity index (χ3v) is 5.67. The van der Waals surface area contributed by atoms with Crippen LogP contribution in [-0.2, 0) is 26.0 Å². The molecule has 0 fully saturated rings. The fraction of sp³-hybridized carbons (Fsp3) is 0.250. The number of amides is 1. The van der Waals surface area contributed by atoms with Crippen molar-refractivity contribution in [1.82, 2.24) is 0 Å². The third-order valence-electron chi connectivity index (χ3n) is 4.49. The molecular weight excluding hydrogens is 394 g/mol. The summed E-state index contributed by atoms with van der Waals surface area (Å²) < 4.78 is 30.0. The Labute approximate surface area is 169 Å². The zero-order valence-corrected chi connectivity index (χ0v) is 16.6. The first kappa shape index (κ1) is 20.4. The van der Waals surface area contributed by atoms with Gasteiger partial charge in [-0.25, -0.2) is 13.2 Å². The number of anilines is 2. The molecule has 8 nitrogen and oxygen atoms in total. The van der Waals surface area contributed by atoms with Crippen molar-refractivity contribution >= 4 is 33.3 Å². The number of ether oxygens (including phenoxy) is 1. The van der Waals surface area contributed by atoms with Gasteiger partial charge in [-0.3, -0.25) is 14.0 Å². The number of benzene rings is 2. The number of esters is 1. The number of rotatable bonds is 6. The van der Waals surface area contributed by atoms with Gasteiger partial charge in [0.2, 0.25) is 10.0 Å². The molecule has 0 saturated heterocycles. The highest BCUT2D eigenvalue weighted by Crippen LogP contribution is 2.30. The van der Waals surface area contributed by atoms with Gasteiger partial charge in [-0.1, -0.05) is 18.2 Å². The topological polar surface area (TPSA) is 108 Å². The number of hydrogen-bond donors (Lipinski definition) is 0. The molecule has 2 aromatic rings. The largest absolute Gasteiger partial charge is 0.452 e. The molecule has 2 aromatic carbocycles. The predicted molar refractivity (Wildman–Crippen MR) is 107 cm³/mol. The summed E-state index contributed by atoms with van der Waals surface area (Å²) in [4.78, 5) is 26.0. The number of carbonyl (C=O) groups is 2. The lowest BCUT2D eigenvalue weighted by Crippen LogP contribution is -2.35. The number of sulfonamides is 1. The Balaban J connectivity index is 1.68. The molecule has 1 heterocycles. The highest BCUT2D eigenvalue weighted by molar-refractivity contribution is 7.92. The van der Waals surface area contributed by atoms with Crippen LogP contribution in [0.1, 0.15) is 15.9 Å². The van der Waals surface area contributed by atoms with E-state index in [1.165, 1.54) is 15.3 Å². The molecule has 0 aromatic heterocycles. The summed E-state index contributed by atoms with van der Waals surface area (Å²) in [6, 6.07) is 15.2. The molecule has 0 radical (unpaired) electrons. The molecular formula is C20H19N3O5S. The van der Waals surface area contributed by atoms with Crippen molar-refractivity contribution in [3.05, 3.63) is 59.7 Å². The van der Waals surface area contributed by atoms with Crippen LogP contribution in [0.15, 0.2) is 48.5 Å². The number of carbonyl (C=O) groups excluding carboxylic acids is 2. The summed E-state index contributed by atoms with van der Waals surface area (Å²) in [5, 5.41) is 8.97. The summed E-state index contributed by atoms with van der Waals surface area (Å²) >= 11 is 0. The molecule has 9 heteroatoms. The van der Waals surface area contributed by atoms with Crippen LogP contribution in [0, 0.1) is 11.3 Å². The lowest BCUT2D eigenvalue weighted by molar-refractivity contribution is -0.121. The lowest BCUT2D eigenvalue weighted by atomic mass is 10.1. The van der Waals surface area contributed by atoms with Gasteiger partial charge in [0.15, 0.2) is 6.61 Å². The zero-order valence-electron chi connectivity index (χ0n) is 15.7. The second kappa shape index (κ2) is 8.32. The first-order chi connectivity index (χ1) is 13.8. The van der Waals surface area contributed by atoms with Crippen LogP contribution in [0.3, 0.4) is 0 Å². The van der Waals surface area contributed by atoms with Crippen molar-refractivity contribution in [3.8, 4) is 6.07 Å². The number of para-hydroxylation sites is 1. The van der Waals surface area contributed by atoms with Gasteiger partial charge in [0, 0.05) is 12.2 Å². The standard InChI is InChI=1S/C20H19N3O5S/c1-29(26,27)23-11-9-15-13-16(7-8-18(15)23)20(25)28-14-19(24)22(12-10-21)17-5-3-2-4-6-17/h2-8,13H,9,11-12,14H2,1H3. The first-order valence-corrected chi connectivity index (χ1v) is 10.7. The summed E-state index contributed by atoms with van der Waals surface area (Å²) in [5.41, 5.74) is 2.04. The molecule has 3 rings (SSSR count). The Morgan fingerprint density at radius 2 is 1.93 bits per heavy atom. The van der Waals surface area contributed by atoms with Crippen molar-refractivity contribution in [3.63, 3.8) is 0 Å². The Kier molecular flexibility index (Phi) is 5.84. The highest BCUT2D eigenvalue weighted by atomic mass is 32.2. The maximum atomic E-state index is 12.4.